The van der Waals surface area contributed by atoms with E-state index in [1.54, 1.807) is 25.1 Å². The molecule has 3 rings (SSSR count). The predicted molar refractivity (Wildman–Crippen MR) is 98.4 cm³/mol. The Kier molecular flexibility index (Phi) is 4.86. The molecule has 0 saturated carbocycles. The molecule has 2 aromatic carbocycles. The van der Waals surface area contributed by atoms with Crippen LogP contribution in [0.5, 0.6) is 0 Å². The highest BCUT2D eigenvalue weighted by Crippen LogP contribution is 2.43. The van der Waals surface area contributed by atoms with Crippen LogP contribution in [0.15, 0.2) is 53.6 Å². The van der Waals surface area contributed by atoms with Crippen molar-refractivity contribution in [2.45, 2.75) is 18.0 Å². The average Bonchev–Trinajstić information content (AvgIpc) is 2.60. The summed E-state index contributed by atoms with van der Waals surface area (Å²) in [5, 5.41) is 5.13. The summed E-state index contributed by atoms with van der Waals surface area (Å²) in [5.41, 5.74) is 4.97. The van der Waals surface area contributed by atoms with Crippen LogP contribution in [-0.4, -0.2) is 18.4 Å². The van der Waals surface area contributed by atoms with Crippen molar-refractivity contribution in [3.05, 3.63) is 59.9 Å². The van der Waals surface area contributed by atoms with E-state index in [9.17, 15) is 21.6 Å². The highest BCUT2D eigenvalue weighted by molar-refractivity contribution is 7.89. The predicted octanol–water partition coefficient (Wildman–Crippen LogP) is 3.37. The van der Waals surface area contributed by atoms with Crippen molar-refractivity contribution in [2.24, 2.45) is 5.14 Å². The zero-order chi connectivity index (χ0) is 20.7. The Hall–Kier alpha value is -2.98. The molecule has 4 N–H and O–H groups in total. The number of hydrogen-bond donors (Lipinski definition) is 2. The maximum atomic E-state index is 13.8. The molecule has 0 amide bonds. The molecule has 0 atom stereocenters. The van der Waals surface area contributed by atoms with Gasteiger partial charge in [-0.25, -0.2) is 23.5 Å². The first-order valence-corrected chi connectivity index (χ1v) is 9.46. The first-order valence-electron chi connectivity index (χ1n) is 7.91. The van der Waals surface area contributed by atoms with Crippen LogP contribution < -0.4 is 10.9 Å². The van der Waals surface area contributed by atoms with Gasteiger partial charge in [-0.2, -0.15) is 13.2 Å². The third kappa shape index (κ3) is 3.82. The summed E-state index contributed by atoms with van der Waals surface area (Å²) in [7, 11) is -4.68. The van der Waals surface area contributed by atoms with Gasteiger partial charge in [0.2, 0.25) is 16.0 Å². The van der Waals surface area contributed by atoms with Gasteiger partial charge in [0.05, 0.1) is 16.2 Å². The van der Waals surface area contributed by atoms with Crippen LogP contribution in [0.25, 0.3) is 22.3 Å². The third-order valence-corrected chi connectivity index (χ3v) is 5.02. The van der Waals surface area contributed by atoms with Gasteiger partial charge < -0.3 is 5.73 Å². The highest BCUT2D eigenvalue weighted by Gasteiger charge is 2.40. The van der Waals surface area contributed by atoms with Crippen LogP contribution >= 0.6 is 0 Å². The normalized spacial score (nSPS) is 12.2. The van der Waals surface area contributed by atoms with E-state index >= 15 is 0 Å². The quantitative estimate of drug-likeness (QED) is 0.690. The van der Waals surface area contributed by atoms with E-state index in [4.69, 9.17) is 10.9 Å². The zero-order valence-corrected chi connectivity index (χ0v) is 15.3. The molecule has 0 saturated heterocycles. The van der Waals surface area contributed by atoms with E-state index < -0.39 is 26.7 Å². The van der Waals surface area contributed by atoms with E-state index in [0.717, 1.165) is 6.07 Å². The molecule has 0 spiro atoms. The summed E-state index contributed by atoms with van der Waals surface area (Å²) in [5.74, 6) is -0.0110. The molecule has 3 aromatic rings. The minimum absolute atomic E-state index is 0.0110. The van der Waals surface area contributed by atoms with E-state index in [-0.39, 0.29) is 22.6 Å². The van der Waals surface area contributed by atoms with Gasteiger partial charge in [-0.15, -0.1) is 0 Å². The monoisotopic (exact) mass is 408 g/mol. The minimum Gasteiger partial charge on any atom is -0.368 e. The van der Waals surface area contributed by atoms with Crippen molar-refractivity contribution in [1.29, 1.82) is 0 Å². The standard InChI is InChI=1S/C18H15F3N4O2S/c1-10-14(9-24-17(22)25-10)12-7-13(11-5-3-2-4-6-11)16(18(19,20)21)15(8-12)28(23,26)27/h2-9H,1H3,(H2,22,24,25)(H2,23,26,27). The second-order valence-corrected chi connectivity index (χ2v) is 7.56. The Labute approximate surface area is 159 Å². The van der Waals surface area contributed by atoms with Crippen molar-refractivity contribution in [2.75, 3.05) is 5.73 Å². The number of nitrogen functional groups attached to an aromatic ring is 1. The molecule has 6 nitrogen and oxygen atoms in total. The van der Waals surface area contributed by atoms with Gasteiger partial charge in [-0.05, 0) is 35.7 Å². The van der Waals surface area contributed by atoms with Gasteiger partial charge in [0.25, 0.3) is 0 Å². The molecule has 146 valence electrons. The van der Waals surface area contributed by atoms with Gasteiger partial charge in [0.15, 0.2) is 0 Å². The molecular formula is C18H15F3N4O2S. The lowest BCUT2D eigenvalue weighted by atomic mass is 9.94. The fourth-order valence-electron chi connectivity index (χ4n) is 2.90. The van der Waals surface area contributed by atoms with Gasteiger partial charge in [0.1, 0.15) is 0 Å². The molecule has 10 heteroatoms. The number of anilines is 1. The van der Waals surface area contributed by atoms with E-state index in [1.165, 1.54) is 24.4 Å². The van der Waals surface area contributed by atoms with Crippen molar-refractivity contribution < 1.29 is 21.6 Å². The second kappa shape index (κ2) is 6.88. The Morgan fingerprint density at radius 3 is 2.18 bits per heavy atom. The molecule has 0 unspecified atom stereocenters. The summed E-state index contributed by atoms with van der Waals surface area (Å²) in [6, 6.07) is 9.77. The number of aromatic nitrogens is 2. The summed E-state index contributed by atoms with van der Waals surface area (Å²) < 4.78 is 65.6. The molecule has 1 heterocycles. The molecule has 0 aliphatic carbocycles. The molecule has 0 fully saturated rings. The number of benzene rings is 2. The number of halogens is 3. The van der Waals surface area contributed by atoms with Crippen LogP contribution in [-0.2, 0) is 16.2 Å². The number of aryl methyl sites for hydroxylation is 1. The van der Waals surface area contributed by atoms with Gasteiger partial charge in [-0.1, -0.05) is 30.3 Å². The van der Waals surface area contributed by atoms with Crippen molar-refractivity contribution in [1.82, 2.24) is 9.97 Å². The highest BCUT2D eigenvalue weighted by atomic mass is 32.2. The van der Waals surface area contributed by atoms with Gasteiger partial charge >= 0.3 is 6.18 Å². The number of rotatable bonds is 3. The molecule has 0 radical (unpaired) electrons. The van der Waals surface area contributed by atoms with E-state index in [2.05, 4.69) is 9.97 Å². The number of primary sulfonamides is 1. The van der Waals surface area contributed by atoms with Crippen molar-refractivity contribution in [3.63, 3.8) is 0 Å². The first-order chi connectivity index (χ1) is 13.0. The molecule has 1 aromatic heterocycles. The van der Waals surface area contributed by atoms with Crippen LogP contribution in [0, 0.1) is 6.92 Å². The zero-order valence-electron chi connectivity index (χ0n) is 14.5. The summed E-state index contributed by atoms with van der Waals surface area (Å²) in [4.78, 5) is 6.80. The first kappa shape index (κ1) is 19.8. The largest absolute Gasteiger partial charge is 0.418 e. The number of nitrogens with two attached hydrogens (primary N) is 2. The second-order valence-electron chi connectivity index (χ2n) is 6.03. The number of hydrogen-bond acceptors (Lipinski definition) is 5. The average molecular weight is 408 g/mol. The number of nitrogens with zero attached hydrogens (tertiary/aromatic N) is 2. The van der Waals surface area contributed by atoms with Crippen LogP contribution in [0.2, 0.25) is 0 Å². The van der Waals surface area contributed by atoms with Gasteiger partial charge in [-0.3, -0.25) is 0 Å². The lowest BCUT2D eigenvalue weighted by Gasteiger charge is -2.19. The maximum absolute atomic E-state index is 13.8. The van der Waals surface area contributed by atoms with Crippen molar-refractivity contribution >= 4 is 16.0 Å². The lowest BCUT2D eigenvalue weighted by molar-refractivity contribution is -0.139. The molecule has 28 heavy (non-hydrogen) atoms. The smallest absolute Gasteiger partial charge is 0.368 e. The Morgan fingerprint density at radius 1 is 1.00 bits per heavy atom. The molecule has 0 aliphatic rings. The summed E-state index contributed by atoms with van der Waals surface area (Å²) in [6.07, 6.45) is -3.62. The van der Waals surface area contributed by atoms with E-state index in [1.807, 2.05) is 0 Å². The fraction of sp³-hybridized carbons (Fsp3) is 0.111. The lowest BCUT2D eigenvalue weighted by Crippen LogP contribution is -2.20. The minimum atomic E-state index is -4.95. The maximum Gasteiger partial charge on any atom is 0.418 e. The fourth-order valence-corrected chi connectivity index (χ4v) is 3.70. The summed E-state index contributed by atoms with van der Waals surface area (Å²) >= 11 is 0. The van der Waals surface area contributed by atoms with Crippen LogP contribution in [0.4, 0.5) is 19.1 Å². The Morgan fingerprint density at radius 2 is 1.64 bits per heavy atom. The molecule has 0 aliphatic heterocycles. The van der Waals surface area contributed by atoms with Gasteiger partial charge in [0, 0.05) is 11.8 Å². The topological polar surface area (TPSA) is 112 Å². The molecule has 0 bridgehead atoms. The number of sulfonamides is 1. The third-order valence-electron chi connectivity index (χ3n) is 4.09. The SMILES string of the molecule is Cc1nc(N)ncc1-c1cc(-c2ccccc2)c(C(F)(F)F)c(S(N)(=O)=O)c1. The van der Waals surface area contributed by atoms with Crippen LogP contribution in [0.3, 0.4) is 0 Å². The van der Waals surface area contributed by atoms with Crippen LogP contribution in [0.1, 0.15) is 11.3 Å². The Bertz CT molecular complexity index is 1150. The van der Waals surface area contributed by atoms with E-state index in [0.29, 0.717) is 11.3 Å². The summed E-state index contributed by atoms with van der Waals surface area (Å²) in [6.45, 7) is 1.59. The Balaban J connectivity index is 2.45. The van der Waals surface area contributed by atoms with Crippen molar-refractivity contribution in [3.8, 4) is 22.3 Å². The molecular weight excluding hydrogens is 393 g/mol. The number of alkyl halides is 3.